The lowest BCUT2D eigenvalue weighted by molar-refractivity contribution is -0.122. The third kappa shape index (κ3) is 4.61. The summed E-state index contributed by atoms with van der Waals surface area (Å²) in [5.74, 6) is 0.476. The fraction of sp³-hybridized carbons (Fsp3) is 0.429. The second-order valence-electron chi connectivity index (χ2n) is 4.54. The number of nitrogens with zero attached hydrogens (tertiary/aromatic N) is 1. The molecule has 21 heavy (non-hydrogen) atoms. The van der Waals surface area contributed by atoms with Gasteiger partial charge in [0.1, 0.15) is 5.75 Å². The lowest BCUT2D eigenvalue weighted by Crippen LogP contribution is -2.41. The van der Waals surface area contributed by atoms with Crippen LogP contribution in [-0.2, 0) is 9.59 Å². The summed E-state index contributed by atoms with van der Waals surface area (Å²) in [5.41, 5.74) is 6.08. The number of carbonyl (C=O) groups is 2. The molecule has 1 aromatic rings. The molecular formula is C14H20ClN3O3. The average Bonchev–Trinajstić information content (AvgIpc) is 2.46. The van der Waals surface area contributed by atoms with E-state index in [1.807, 2.05) is 24.3 Å². The van der Waals surface area contributed by atoms with E-state index in [0.29, 0.717) is 25.4 Å². The van der Waals surface area contributed by atoms with Crippen LogP contribution in [-0.4, -0.2) is 38.1 Å². The smallest absolute Gasteiger partial charge is 0.265 e. The first-order valence-corrected chi connectivity index (χ1v) is 6.71. The number of amides is 2. The highest BCUT2D eigenvalue weighted by molar-refractivity contribution is 5.98. The van der Waals surface area contributed by atoms with Gasteiger partial charge in [-0.3, -0.25) is 9.59 Å². The predicted octanol–water partition coefficient (Wildman–Crippen LogP) is 0.689. The molecule has 0 unspecified atom stereocenters. The van der Waals surface area contributed by atoms with Gasteiger partial charge >= 0.3 is 0 Å². The highest BCUT2D eigenvalue weighted by atomic mass is 35.5. The first kappa shape index (κ1) is 17.3. The Bertz CT molecular complexity index is 496. The molecule has 3 N–H and O–H groups in total. The molecule has 0 saturated carbocycles. The number of nitrogens with two attached hydrogens (primary N) is 1. The molecule has 116 valence electrons. The Hall–Kier alpha value is -1.79. The molecule has 0 atom stereocenters. The number of rotatable bonds is 6. The van der Waals surface area contributed by atoms with E-state index in [-0.39, 0.29) is 37.2 Å². The molecule has 2 rings (SSSR count). The van der Waals surface area contributed by atoms with Crippen LogP contribution in [0.15, 0.2) is 24.3 Å². The number of carbonyl (C=O) groups excluding carboxylic acids is 2. The standard InChI is InChI=1S/C14H19N3O3.ClH/c15-7-3-8-16-13(18)6-9-17-11-4-1-2-5-12(11)20-10-14(17)19;/h1-2,4-5H,3,6-10,15H2,(H,16,18);1H. The van der Waals surface area contributed by atoms with Crippen LogP contribution < -0.4 is 20.7 Å². The minimum atomic E-state index is -0.126. The Labute approximate surface area is 130 Å². The number of anilines is 1. The van der Waals surface area contributed by atoms with E-state index in [1.165, 1.54) is 0 Å². The van der Waals surface area contributed by atoms with Crippen LogP contribution in [0.2, 0.25) is 0 Å². The van der Waals surface area contributed by atoms with E-state index >= 15 is 0 Å². The normalized spacial score (nSPS) is 13.0. The van der Waals surface area contributed by atoms with Crippen molar-refractivity contribution in [1.82, 2.24) is 5.32 Å². The fourth-order valence-electron chi connectivity index (χ4n) is 2.03. The third-order valence-electron chi connectivity index (χ3n) is 3.07. The molecular weight excluding hydrogens is 294 g/mol. The summed E-state index contributed by atoms with van der Waals surface area (Å²) in [6.07, 6.45) is 1.02. The largest absolute Gasteiger partial charge is 0.482 e. The molecule has 6 nitrogen and oxygen atoms in total. The summed E-state index contributed by atoms with van der Waals surface area (Å²) >= 11 is 0. The van der Waals surface area contributed by atoms with Gasteiger partial charge in [-0.05, 0) is 25.1 Å². The van der Waals surface area contributed by atoms with Gasteiger partial charge in [0.05, 0.1) is 5.69 Å². The number of hydrogen-bond acceptors (Lipinski definition) is 4. The molecule has 7 heteroatoms. The SMILES string of the molecule is Cl.NCCCNC(=O)CCN1C(=O)COc2ccccc21. The van der Waals surface area contributed by atoms with Crippen LogP contribution in [0.1, 0.15) is 12.8 Å². The number of halogens is 1. The zero-order valence-corrected chi connectivity index (χ0v) is 12.5. The van der Waals surface area contributed by atoms with Crippen molar-refractivity contribution < 1.29 is 14.3 Å². The molecule has 0 radical (unpaired) electrons. The summed E-state index contributed by atoms with van der Waals surface area (Å²) in [7, 11) is 0. The molecule has 0 aliphatic carbocycles. The summed E-state index contributed by atoms with van der Waals surface area (Å²) in [6.45, 7) is 1.50. The average molecular weight is 314 g/mol. The molecule has 0 bridgehead atoms. The Balaban J connectivity index is 0.00000220. The Morgan fingerprint density at radius 2 is 2.14 bits per heavy atom. The van der Waals surface area contributed by atoms with E-state index in [2.05, 4.69) is 5.32 Å². The van der Waals surface area contributed by atoms with E-state index in [9.17, 15) is 9.59 Å². The zero-order chi connectivity index (χ0) is 14.4. The third-order valence-corrected chi connectivity index (χ3v) is 3.07. The quantitative estimate of drug-likeness (QED) is 0.757. The van der Waals surface area contributed by atoms with Crippen molar-refractivity contribution in [3.63, 3.8) is 0 Å². The number of hydrogen-bond donors (Lipinski definition) is 2. The van der Waals surface area contributed by atoms with Crippen LogP contribution in [0, 0.1) is 0 Å². The molecule has 0 saturated heterocycles. The highest BCUT2D eigenvalue weighted by Crippen LogP contribution is 2.31. The van der Waals surface area contributed by atoms with Crippen molar-refractivity contribution in [3.8, 4) is 5.75 Å². The first-order chi connectivity index (χ1) is 9.72. The van der Waals surface area contributed by atoms with Gasteiger partial charge in [0, 0.05) is 19.5 Å². The minimum absolute atomic E-state index is 0. The van der Waals surface area contributed by atoms with Gasteiger partial charge in [0.2, 0.25) is 5.91 Å². The summed E-state index contributed by atoms with van der Waals surface area (Å²) < 4.78 is 5.35. The van der Waals surface area contributed by atoms with Crippen LogP contribution in [0.25, 0.3) is 0 Å². The van der Waals surface area contributed by atoms with Crippen LogP contribution >= 0.6 is 12.4 Å². The molecule has 1 aromatic carbocycles. The molecule has 2 amide bonds. The number of nitrogens with one attached hydrogen (secondary N) is 1. The first-order valence-electron chi connectivity index (χ1n) is 6.71. The van der Waals surface area contributed by atoms with Gasteiger partial charge in [0.25, 0.3) is 5.91 Å². The minimum Gasteiger partial charge on any atom is -0.482 e. The second kappa shape index (κ2) is 8.49. The van der Waals surface area contributed by atoms with Crippen molar-refractivity contribution >= 4 is 29.9 Å². The van der Waals surface area contributed by atoms with E-state index in [4.69, 9.17) is 10.5 Å². The molecule has 0 spiro atoms. The predicted molar refractivity (Wildman–Crippen MR) is 82.8 cm³/mol. The van der Waals surface area contributed by atoms with Crippen LogP contribution in [0.3, 0.4) is 0 Å². The maximum absolute atomic E-state index is 11.9. The monoisotopic (exact) mass is 313 g/mol. The Morgan fingerprint density at radius 1 is 1.38 bits per heavy atom. The van der Waals surface area contributed by atoms with E-state index in [0.717, 1.165) is 12.1 Å². The molecule has 1 aliphatic rings. The van der Waals surface area contributed by atoms with Crippen molar-refractivity contribution in [3.05, 3.63) is 24.3 Å². The fourth-order valence-corrected chi connectivity index (χ4v) is 2.03. The second-order valence-corrected chi connectivity index (χ2v) is 4.54. The van der Waals surface area contributed by atoms with Crippen molar-refractivity contribution in [1.29, 1.82) is 0 Å². The lowest BCUT2D eigenvalue weighted by Gasteiger charge is -2.29. The molecule has 0 fully saturated rings. The van der Waals surface area contributed by atoms with Gasteiger partial charge in [0.15, 0.2) is 6.61 Å². The number of ether oxygens (including phenoxy) is 1. The lowest BCUT2D eigenvalue weighted by atomic mass is 10.2. The number of benzene rings is 1. The van der Waals surface area contributed by atoms with Crippen molar-refractivity contribution in [2.45, 2.75) is 12.8 Å². The Morgan fingerprint density at radius 3 is 2.90 bits per heavy atom. The van der Waals surface area contributed by atoms with Gasteiger partial charge in [-0.15, -0.1) is 12.4 Å². The van der Waals surface area contributed by atoms with Gasteiger partial charge in [-0.1, -0.05) is 12.1 Å². The summed E-state index contributed by atoms with van der Waals surface area (Å²) in [4.78, 5) is 25.1. The van der Waals surface area contributed by atoms with E-state index < -0.39 is 0 Å². The summed E-state index contributed by atoms with van der Waals surface area (Å²) in [5, 5.41) is 2.77. The maximum atomic E-state index is 11.9. The highest BCUT2D eigenvalue weighted by Gasteiger charge is 2.25. The molecule has 1 aliphatic heterocycles. The topological polar surface area (TPSA) is 84.7 Å². The Kier molecular flexibility index (Phi) is 6.98. The zero-order valence-electron chi connectivity index (χ0n) is 11.7. The molecule has 0 aromatic heterocycles. The van der Waals surface area contributed by atoms with Gasteiger partial charge < -0.3 is 20.7 Å². The van der Waals surface area contributed by atoms with Crippen LogP contribution in [0.4, 0.5) is 5.69 Å². The van der Waals surface area contributed by atoms with Gasteiger partial charge in [-0.25, -0.2) is 0 Å². The van der Waals surface area contributed by atoms with Crippen molar-refractivity contribution in [2.24, 2.45) is 5.73 Å². The summed E-state index contributed by atoms with van der Waals surface area (Å²) in [6, 6.07) is 7.33. The number of fused-ring (bicyclic) bond motifs is 1. The van der Waals surface area contributed by atoms with E-state index in [1.54, 1.807) is 4.90 Å². The van der Waals surface area contributed by atoms with Crippen molar-refractivity contribution in [2.75, 3.05) is 31.1 Å². The molecule has 1 heterocycles. The van der Waals surface area contributed by atoms with Crippen LogP contribution in [0.5, 0.6) is 5.75 Å². The maximum Gasteiger partial charge on any atom is 0.265 e. The number of para-hydroxylation sites is 2. The van der Waals surface area contributed by atoms with Gasteiger partial charge in [-0.2, -0.15) is 0 Å².